The Balaban J connectivity index is 2.46. The maximum absolute atomic E-state index is 4.26. The zero-order valence-electron chi connectivity index (χ0n) is 13.6. The van der Waals surface area contributed by atoms with Crippen LogP contribution in [0.2, 0.25) is 0 Å². The van der Waals surface area contributed by atoms with Crippen molar-refractivity contribution in [2.24, 2.45) is 4.99 Å². The average molecular weight is 276 g/mol. The second-order valence-electron chi connectivity index (χ2n) is 5.97. The van der Waals surface area contributed by atoms with Gasteiger partial charge in [-0.1, -0.05) is 29.8 Å². The summed E-state index contributed by atoms with van der Waals surface area (Å²) in [5.74, 6) is 0.834. The molecule has 4 nitrogen and oxygen atoms in total. The molecule has 0 aliphatic carbocycles. The quantitative estimate of drug-likeness (QED) is 0.638. The maximum atomic E-state index is 4.26. The molecule has 0 spiro atoms. The molecule has 0 amide bonds. The average Bonchev–Trinajstić information content (AvgIpc) is 2.40. The summed E-state index contributed by atoms with van der Waals surface area (Å²) >= 11 is 0. The summed E-state index contributed by atoms with van der Waals surface area (Å²) in [7, 11) is 5.97. The summed E-state index contributed by atoms with van der Waals surface area (Å²) in [6.07, 6.45) is 0. The number of rotatable bonds is 5. The highest BCUT2D eigenvalue weighted by molar-refractivity contribution is 5.79. The zero-order valence-corrected chi connectivity index (χ0v) is 13.6. The van der Waals surface area contributed by atoms with Gasteiger partial charge in [0.2, 0.25) is 0 Å². The van der Waals surface area contributed by atoms with Crippen LogP contribution in [0.4, 0.5) is 0 Å². The van der Waals surface area contributed by atoms with Crippen molar-refractivity contribution in [2.75, 3.05) is 27.7 Å². The summed E-state index contributed by atoms with van der Waals surface area (Å²) in [6, 6.07) is 8.53. The van der Waals surface area contributed by atoms with Gasteiger partial charge in [-0.15, -0.1) is 0 Å². The van der Waals surface area contributed by atoms with Gasteiger partial charge >= 0.3 is 0 Å². The molecule has 0 bridgehead atoms. The predicted molar refractivity (Wildman–Crippen MR) is 87.1 cm³/mol. The van der Waals surface area contributed by atoms with Crippen molar-refractivity contribution in [1.29, 1.82) is 0 Å². The first-order chi connectivity index (χ1) is 9.35. The summed E-state index contributed by atoms with van der Waals surface area (Å²) in [5.41, 5.74) is 2.62. The molecule has 20 heavy (non-hydrogen) atoms. The molecule has 0 radical (unpaired) electrons. The summed E-state index contributed by atoms with van der Waals surface area (Å²) in [4.78, 5) is 6.46. The number of likely N-dealkylation sites (N-methyl/N-ethyl adjacent to an activating group) is 1. The third-order valence-corrected chi connectivity index (χ3v) is 3.70. The standard InChI is InChI=1S/C16H28N4/c1-13-7-9-14(10-8-13)11-18-15(17-4)19-12-16(2,3)20(5)6/h7-10H,11-12H2,1-6H3,(H2,17,18,19). The summed E-state index contributed by atoms with van der Waals surface area (Å²) < 4.78 is 0. The topological polar surface area (TPSA) is 39.7 Å². The lowest BCUT2D eigenvalue weighted by molar-refractivity contribution is 0.197. The van der Waals surface area contributed by atoms with Gasteiger partial charge in [-0.2, -0.15) is 0 Å². The van der Waals surface area contributed by atoms with Crippen LogP contribution in [0, 0.1) is 6.92 Å². The fraction of sp³-hybridized carbons (Fsp3) is 0.562. The van der Waals surface area contributed by atoms with Crippen LogP contribution in [-0.2, 0) is 6.54 Å². The van der Waals surface area contributed by atoms with Crippen LogP contribution in [0.15, 0.2) is 29.3 Å². The lowest BCUT2D eigenvalue weighted by atomic mass is 10.0. The highest BCUT2D eigenvalue weighted by Crippen LogP contribution is 2.07. The molecule has 0 aliphatic rings. The van der Waals surface area contributed by atoms with E-state index in [0.29, 0.717) is 0 Å². The van der Waals surface area contributed by atoms with Gasteiger partial charge in [-0.05, 0) is 40.4 Å². The Kier molecular flexibility index (Phi) is 6.02. The molecule has 0 saturated heterocycles. The highest BCUT2D eigenvalue weighted by Gasteiger charge is 2.20. The number of aryl methyl sites for hydroxylation is 1. The molecular formula is C16H28N4. The van der Waals surface area contributed by atoms with Crippen LogP contribution in [0.5, 0.6) is 0 Å². The van der Waals surface area contributed by atoms with Gasteiger partial charge < -0.3 is 15.5 Å². The Morgan fingerprint density at radius 2 is 1.75 bits per heavy atom. The molecule has 0 aliphatic heterocycles. The summed E-state index contributed by atoms with van der Waals surface area (Å²) in [5, 5.41) is 6.71. The fourth-order valence-electron chi connectivity index (χ4n) is 1.57. The monoisotopic (exact) mass is 276 g/mol. The molecule has 0 aromatic heterocycles. The van der Waals surface area contributed by atoms with Crippen molar-refractivity contribution in [3.05, 3.63) is 35.4 Å². The number of benzene rings is 1. The minimum atomic E-state index is 0.0848. The zero-order chi connectivity index (χ0) is 15.2. The lowest BCUT2D eigenvalue weighted by Gasteiger charge is -2.33. The van der Waals surface area contributed by atoms with Gasteiger partial charge in [0, 0.05) is 25.7 Å². The van der Waals surface area contributed by atoms with E-state index < -0.39 is 0 Å². The smallest absolute Gasteiger partial charge is 0.191 e. The van der Waals surface area contributed by atoms with Gasteiger partial charge in [0.25, 0.3) is 0 Å². The molecular weight excluding hydrogens is 248 g/mol. The SMILES string of the molecule is CN=C(NCc1ccc(C)cc1)NCC(C)(C)N(C)C. The van der Waals surface area contributed by atoms with Gasteiger partial charge in [0.05, 0.1) is 0 Å². The molecule has 1 rings (SSSR count). The van der Waals surface area contributed by atoms with Crippen LogP contribution in [-0.4, -0.2) is 44.1 Å². The second-order valence-corrected chi connectivity index (χ2v) is 5.97. The first kappa shape index (κ1) is 16.5. The third kappa shape index (κ3) is 5.21. The van der Waals surface area contributed by atoms with E-state index in [9.17, 15) is 0 Å². The molecule has 0 unspecified atom stereocenters. The number of hydrogen-bond acceptors (Lipinski definition) is 2. The van der Waals surface area contributed by atoms with E-state index in [1.165, 1.54) is 11.1 Å². The first-order valence-electron chi connectivity index (χ1n) is 7.02. The normalized spacial score (nSPS) is 12.7. The maximum Gasteiger partial charge on any atom is 0.191 e. The minimum Gasteiger partial charge on any atom is -0.355 e. The van der Waals surface area contributed by atoms with E-state index >= 15 is 0 Å². The molecule has 2 N–H and O–H groups in total. The number of nitrogens with one attached hydrogen (secondary N) is 2. The van der Waals surface area contributed by atoms with Crippen LogP contribution in [0.1, 0.15) is 25.0 Å². The predicted octanol–water partition coefficient (Wildman–Crippen LogP) is 2.00. The molecule has 0 fully saturated rings. The molecule has 112 valence electrons. The van der Waals surface area contributed by atoms with E-state index in [1.54, 1.807) is 7.05 Å². The molecule has 1 aromatic carbocycles. The number of guanidine groups is 1. The van der Waals surface area contributed by atoms with Crippen LogP contribution >= 0.6 is 0 Å². The van der Waals surface area contributed by atoms with Gasteiger partial charge in [-0.3, -0.25) is 4.99 Å². The largest absolute Gasteiger partial charge is 0.355 e. The van der Waals surface area contributed by atoms with Gasteiger partial charge in [0.15, 0.2) is 5.96 Å². The van der Waals surface area contributed by atoms with E-state index in [0.717, 1.165) is 19.0 Å². The fourth-order valence-corrected chi connectivity index (χ4v) is 1.57. The van der Waals surface area contributed by atoms with Crippen LogP contribution in [0.3, 0.4) is 0 Å². The van der Waals surface area contributed by atoms with Crippen molar-refractivity contribution < 1.29 is 0 Å². The third-order valence-electron chi connectivity index (χ3n) is 3.70. The summed E-state index contributed by atoms with van der Waals surface area (Å²) in [6.45, 7) is 8.12. The number of hydrogen-bond donors (Lipinski definition) is 2. The number of aliphatic imine (C=N–C) groups is 1. The van der Waals surface area contributed by atoms with Crippen molar-refractivity contribution in [1.82, 2.24) is 15.5 Å². The Labute approximate surface area is 123 Å². The molecule has 0 saturated carbocycles. The Bertz CT molecular complexity index is 432. The van der Waals surface area contributed by atoms with E-state index in [-0.39, 0.29) is 5.54 Å². The van der Waals surface area contributed by atoms with Gasteiger partial charge in [-0.25, -0.2) is 0 Å². The highest BCUT2D eigenvalue weighted by atomic mass is 15.2. The molecule has 1 aromatic rings. The molecule has 0 atom stereocenters. The Morgan fingerprint density at radius 3 is 2.25 bits per heavy atom. The van der Waals surface area contributed by atoms with E-state index in [4.69, 9.17) is 0 Å². The van der Waals surface area contributed by atoms with Gasteiger partial charge in [0.1, 0.15) is 0 Å². The van der Waals surface area contributed by atoms with E-state index in [1.807, 2.05) is 0 Å². The van der Waals surface area contributed by atoms with Crippen molar-refractivity contribution >= 4 is 5.96 Å². The van der Waals surface area contributed by atoms with E-state index in [2.05, 4.69) is 79.7 Å². The second kappa shape index (κ2) is 7.29. The van der Waals surface area contributed by atoms with Crippen molar-refractivity contribution in [2.45, 2.75) is 32.9 Å². The first-order valence-corrected chi connectivity index (χ1v) is 7.02. The van der Waals surface area contributed by atoms with Crippen molar-refractivity contribution in [3.8, 4) is 0 Å². The lowest BCUT2D eigenvalue weighted by Crippen LogP contribution is -2.50. The molecule has 0 heterocycles. The van der Waals surface area contributed by atoms with Crippen molar-refractivity contribution in [3.63, 3.8) is 0 Å². The Morgan fingerprint density at radius 1 is 1.15 bits per heavy atom. The number of nitrogens with zero attached hydrogens (tertiary/aromatic N) is 2. The Hall–Kier alpha value is -1.55. The molecule has 4 heteroatoms. The minimum absolute atomic E-state index is 0.0848. The van der Waals surface area contributed by atoms with Crippen LogP contribution < -0.4 is 10.6 Å². The van der Waals surface area contributed by atoms with Crippen LogP contribution in [0.25, 0.3) is 0 Å².